The summed E-state index contributed by atoms with van der Waals surface area (Å²) in [5.41, 5.74) is 2.07. The van der Waals surface area contributed by atoms with E-state index < -0.39 is 10.8 Å². The van der Waals surface area contributed by atoms with E-state index in [-0.39, 0.29) is 11.5 Å². The van der Waals surface area contributed by atoms with E-state index in [9.17, 15) is 4.21 Å². The molecule has 0 radical (unpaired) electrons. The van der Waals surface area contributed by atoms with E-state index in [2.05, 4.69) is 0 Å². The van der Waals surface area contributed by atoms with Crippen LogP contribution in [0.5, 0.6) is 0 Å². The second kappa shape index (κ2) is 4.67. The quantitative estimate of drug-likeness (QED) is 0.791. The summed E-state index contributed by atoms with van der Waals surface area (Å²) >= 11 is 0. The van der Waals surface area contributed by atoms with E-state index in [0.29, 0.717) is 0 Å². The third-order valence-electron chi connectivity index (χ3n) is 3.04. The van der Waals surface area contributed by atoms with E-state index in [1.54, 1.807) is 0 Å². The van der Waals surface area contributed by atoms with Crippen LogP contribution in [0.15, 0.2) is 59.5 Å². The molecule has 2 aromatic rings. The maximum atomic E-state index is 12.3. The van der Waals surface area contributed by atoms with Crippen LogP contribution >= 0.6 is 0 Å². The van der Waals surface area contributed by atoms with Crippen LogP contribution < -0.4 is 0 Å². The number of hydrogen-bond acceptors (Lipinski definition) is 2. The summed E-state index contributed by atoms with van der Waals surface area (Å²) in [5.74, 6) is 0. The summed E-state index contributed by atoms with van der Waals surface area (Å²) in [6.07, 6.45) is -0.0201. The molecule has 0 N–H and O–H groups in total. The minimum Gasteiger partial charge on any atom is -0.350 e. The molecule has 2 aromatic carbocycles. The minimum atomic E-state index is -1.09. The fourth-order valence-electron chi connectivity index (χ4n) is 1.95. The second-order valence-electron chi connectivity index (χ2n) is 4.45. The molecular weight excluding hydrogens is 244 g/mol. The Morgan fingerprint density at radius 2 is 1.67 bits per heavy atom. The molecule has 0 aromatic heterocycles. The monoisotopic (exact) mass is 258 g/mol. The topological polar surface area (TPSA) is 29.6 Å². The molecule has 18 heavy (non-hydrogen) atoms. The Kier molecular flexibility index (Phi) is 3.02. The number of epoxide rings is 1. The van der Waals surface area contributed by atoms with Crippen molar-refractivity contribution in [1.29, 1.82) is 0 Å². The van der Waals surface area contributed by atoms with Gasteiger partial charge in [-0.3, -0.25) is 4.21 Å². The summed E-state index contributed by atoms with van der Waals surface area (Å²) < 4.78 is 17.8. The van der Waals surface area contributed by atoms with Crippen LogP contribution in [0.2, 0.25) is 0 Å². The second-order valence-corrected chi connectivity index (χ2v) is 5.98. The Balaban J connectivity index is 1.75. The Labute approximate surface area is 109 Å². The highest BCUT2D eigenvalue weighted by atomic mass is 32.2. The van der Waals surface area contributed by atoms with Gasteiger partial charge in [0.25, 0.3) is 0 Å². The lowest BCUT2D eigenvalue weighted by atomic mass is 10.2. The lowest BCUT2D eigenvalue weighted by Crippen LogP contribution is -2.00. The molecule has 3 rings (SSSR count). The molecular formula is C15H14O2S. The van der Waals surface area contributed by atoms with Crippen molar-refractivity contribution in [1.82, 2.24) is 0 Å². The summed E-state index contributed by atoms with van der Waals surface area (Å²) in [4.78, 5) is 0.837. The molecule has 3 heteroatoms. The van der Waals surface area contributed by atoms with Gasteiger partial charge in [-0.2, -0.15) is 0 Å². The molecule has 0 bridgehead atoms. The van der Waals surface area contributed by atoms with E-state index in [1.165, 1.54) is 5.56 Å². The molecule has 0 unspecified atom stereocenters. The number of hydrogen-bond donors (Lipinski definition) is 0. The van der Waals surface area contributed by atoms with Crippen molar-refractivity contribution < 1.29 is 8.95 Å². The van der Waals surface area contributed by atoms with Crippen molar-refractivity contribution in [2.45, 2.75) is 23.4 Å². The minimum absolute atomic E-state index is 0.0201. The third kappa shape index (κ3) is 2.24. The number of benzene rings is 2. The maximum Gasteiger partial charge on any atom is 0.168 e. The first-order valence-corrected chi connectivity index (χ1v) is 7.14. The average molecular weight is 258 g/mol. The van der Waals surface area contributed by atoms with Gasteiger partial charge in [0, 0.05) is 4.90 Å². The van der Waals surface area contributed by atoms with Crippen molar-refractivity contribution in [2.24, 2.45) is 0 Å². The molecule has 1 aliphatic rings. The van der Waals surface area contributed by atoms with Gasteiger partial charge in [0.2, 0.25) is 0 Å². The molecule has 92 valence electrons. The first-order chi connectivity index (χ1) is 8.75. The van der Waals surface area contributed by atoms with Crippen LogP contribution in [0.1, 0.15) is 17.2 Å². The van der Waals surface area contributed by atoms with Gasteiger partial charge in [-0.05, 0) is 24.6 Å². The van der Waals surface area contributed by atoms with E-state index >= 15 is 0 Å². The van der Waals surface area contributed by atoms with Crippen molar-refractivity contribution >= 4 is 10.8 Å². The highest BCUT2D eigenvalue weighted by Gasteiger charge is 2.45. The number of aryl methyl sites for hydroxylation is 1. The summed E-state index contributed by atoms with van der Waals surface area (Å²) in [6, 6.07) is 17.7. The first kappa shape index (κ1) is 11.6. The third-order valence-corrected chi connectivity index (χ3v) is 4.56. The molecule has 0 aliphatic carbocycles. The van der Waals surface area contributed by atoms with Gasteiger partial charge in [0.15, 0.2) is 5.44 Å². The number of rotatable bonds is 3. The van der Waals surface area contributed by atoms with E-state index in [0.717, 1.165) is 10.5 Å². The molecule has 0 saturated carbocycles. The smallest absolute Gasteiger partial charge is 0.168 e. The van der Waals surface area contributed by atoms with Gasteiger partial charge in [-0.15, -0.1) is 0 Å². The molecule has 0 amide bonds. The summed E-state index contributed by atoms with van der Waals surface area (Å²) in [5, 5.41) is 0. The van der Waals surface area contributed by atoms with Gasteiger partial charge in [-0.25, -0.2) is 0 Å². The molecule has 2 nitrogen and oxygen atoms in total. The normalized spacial score (nSPS) is 23.6. The average Bonchev–Trinajstić information content (AvgIpc) is 3.20. The van der Waals surface area contributed by atoms with Crippen molar-refractivity contribution in [3.8, 4) is 0 Å². The molecule has 0 spiro atoms. The Bertz CT molecular complexity index is 563. The molecule has 3 atom stereocenters. The first-order valence-electron chi connectivity index (χ1n) is 5.93. The zero-order valence-electron chi connectivity index (χ0n) is 10.1. The van der Waals surface area contributed by atoms with Crippen molar-refractivity contribution in [3.63, 3.8) is 0 Å². The standard InChI is InChI=1S/C15H14O2S/c1-11-7-9-13(10-8-11)18(16)15-14(17-15)12-5-3-2-4-6-12/h2-10,14-15H,1H3/t14-,15+,18-/m0/s1. The zero-order valence-corrected chi connectivity index (χ0v) is 10.9. The Morgan fingerprint density at radius 1 is 1.00 bits per heavy atom. The SMILES string of the molecule is Cc1ccc([S@](=O)[C@H]2O[C@H]2c2ccccc2)cc1. The van der Waals surface area contributed by atoms with Crippen molar-refractivity contribution in [2.75, 3.05) is 0 Å². The predicted molar refractivity (Wildman–Crippen MR) is 71.6 cm³/mol. The van der Waals surface area contributed by atoms with Gasteiger partial charge in [-0.1, -0.05) is 48.0 Å². The largest absolute Gasteiger partial charge is 0.350 e. The Hall–Kier alpha value is -1.45. The van der Waals surface area contributed by atoms with E-state index in [1.807, 2.05) is 61.5 Å². The van der Waals surface area contributed by atoms with Crippen LogP contribution in [-0.4, -0.2) is 9.64 Å². The van der Waals surface area contributed by atoms with Crippen LogP contribution in [-0.2, 0) is 15.5 Å². The predicted octanol–water partition coefficient (Wildman–Crippen LogP) is 3.20. The van der Waals surface area contributed by atoms with Crippen LogP contribution in [0.3, 0.4) is 0 Å². The van der Waals surface area contributed by atoms with Gasteiger partial charge < -0.3 is 4.74 Å². The van der Waals surface area contributed by atoms with Gasteiger partial charge in [0.05, 0.1) is 10.8 Å². The highest BCUT2D eigenvalue weighted by Crippen LogP contribution is 2.42. The van der Waals surface area contributed by atoms with Gasteiger partial charge >= 0.3 is 0 Å². The van der Waals surface area contributed by atoms with Crippen molar-refractivity contribution in [3.05, 3.63) is 65.7 Å². The van der Waals surface area contributed by atoms with Gasteiger partial charge in [0.1, 0.15) is 6.10 Å². The highest BCUT2D eigenvalue weighted by molar-refractivity contribution is 7.85. The fourth-order valence-corrected chi connectivity index (χ4v) is 3.22. The fraction of sp³-hybridized carbons (Fsp3) is 0.200. The molecule has 1 fully saturated rings. The van der Waals surface area contributed by atoms with Crippen LogP contribution in [0.25, 0.3) is 0 Å². The maximum absolute atomic E-state index is 12.3. The summed E-state index contributed by atoms with van der Waals surface area (Å²) in [6.45, 7) is 2.02. The summed E-state index contributed by atoms with van der Waals surface area (Å²) in [7, 11) is -1.09. The van der Waals surface area contributed by atoms with Crippen LogP contribution in [0, 0.1) is 6.92 Å². The lowest BCUT2D eigenvalue weighted by Gasteiger charge is -1.99. The van der Waals surface area contributed by atoms with Crippen LogP contribution in [0.4, 0.5) is 0 Å². The molecule has 1 heterocycles. The number of ether oxygens (including phenoxy) is 1. The zero-order chi connectivity index (χ0) is 12.5. The van der Waals surface area contributed by atoms with E-state index in [4.69, 9.17) is 4.74 Å². The lowest BCUT2D eigenvalue weighted by molar-refractivity contribution is 0.403. The Morgan fingerprint density at radius 3 is 2.33 bits per heavy atom. The molecule has 1 aliphatic heterocycles. The molecule has 1 saturated heterocycles.